The maximum absolute atomic E-state index is 12.8. The summed E-state index contributed by atoms with van der Waals surface area (Å²) in [6.07, 6.45) is 0.293. The van der Waals surface area contributed by atoms with Gasteiger partial charge in [-0.2, -0.15) is 0 Å². The van der Waals surface area contributed by atoms with Gasteiger partial charge in [-0.3, -0.25) is 19.7 Å². The molecular weight excluding hydrogens is 497 g/mol. The number of carbonyl (C=O) groups excluding carboxylic acids is 2. The van der Waals surface area contributed by atoms with Crippen LogP contribution in [0.25, 0.3) is 0 Å². The van der Waals surface area contributed by atoms with Crippen LogP contribution in [0.2, 0.25) is 10.0 Å². The van der Waals surface area contributed by atoms with Crippen LogP contribution in [-0.4, -0.2) is 41.1 Å². The molecule has 1 heterocycles. The summed E-state index contributed by atoms with van der Waals surface area (Å²) in [5, 5.41) is 7.05. The van der Waals surface area contributed by atoms with Gasteiger partial charge >= 0.3 is 0 Å². The van der Waals surface area contributed by atoms with Crippen molar-refractivity contribution >= 4 is 46.8 Å². The Morgan fingerprint density at radius 1 is 1.15 bits per heavy atom. The number of rotatable bonds is 9. The average Bonchev–Trinajstić information content (AvgIpc) is 3.32. The molecule has 0 aliphatic carbocycles. The van der Waals surface area contributed by atoms with E-state index in [4.69, 9.17) is 32.8 Å². The van der Waals surface area contributed by atoms with E-state index in [2.05, 4.69) is 16.1 Å². The zero-order chi connectivity index (χ0) is 24.7. The number of thioether (sulfide) groups is 1. The monoisotopic (exact) mass is 525 g/mol. The lowest BCUT2D eigenvalue weighted by Crippen LogP contribution is -2.53. The number of hydroxylamine groups is 1. The molecule has 34 heavy (non-hydrogen) atoms. The normalized spacial score (nSPS) is 16.7. The second-order valence-electron chi connectivity index (χ2n) is 8.85. The summed E-state index contributed by atoms with van der Waals surface area (Å²) in [5.41, 5.74) is 3.48. The third-order valence-corrected chi connectivity index (χ3v) is 6.58. The summed E-state index contributed by atoms with van der Waals surface area (Å²) in [4.78, 5) is 30.9. The molecular formula is C24H29Cl2N3O4S. The van der Waals surface area contributed by atoms with Gasteiger partial charge in [0.1, 0.15) is 18.4 Å². The number of halogens is 2. The van der Waals surface area contributed by atoms with E-state index in [9.17, 15) is 9.59 Å². The third kappa shape index (κ3) is 8.06. The second-order valence-corrected chi connectivity index (χ2v) is 10.7. The van der Waals surface area contributed by atoms with Crippen LogP contribution < -0.4 is 20.9 Å². The molecule has 3 N–H and O–H groups in total. The van der Waals surface area contributed by atoms with E-state index in [1.807, 2.05) is 32.9 Å². The Morgan fingerprint density at radius 3 is 2.41 bits per heavy atom. The quantitative estimate of drug-likeness (QED) is 0.427. The maximum atomic E-state index is 12.8. The number of ether oxygens (including phenoxy) is 1. The number of benzene rings is 2. The van der Waals surface area contributed by atoms with Gasteiger partial charge in [-0.25, -0.2) is 5.48 Å². The van der Waals surface area contributed by atoms with Crippen molar-refractivity contribution in [3.63, 3.8) is 0 Å². The molecule has 10 heteroatoms. The van der Waals surface area contributed by atoms with E-state index >= 15 is 0 Å². The van der Waals surface area contributed by atoms with Gasteiger partial charge in [-0.1, -0.05) is 41.4 Å². The summed E-state index contributed by atoms with van der Waals surface area (Å²) in [7, 11) is 0. The van der Waals surface area contributed by atoms with Crippen molar-refractivity contribution in [2.45, 2.75) is 51.5 Å². The lowest BCUT2D eigenvalue weighted by atomic mass is 10.0. The van der Waals surface area contributed by atoms with Crippen LogP contribution in [0.15, 0.2) is 42.5 Å². The standard InChI is InChI=1S/C24H29Cl2N3O4S/c1-24(2,3)33-29-23(31)20(28-22(30)21-13-34-14-27-21)11-15-7-9-16(10-8-15)32-12-17-18(25)5-4-6-19(17)26/h4-10,20-21,27H,11-14H2,1-3H3,(H,28,30)(H,29,31). The van der Waals surface area contributed by atoms with Crippen LogP contribution >= 0.6 is 35.0 Å². The maximum Gasteiger partial charge on any atom is 0.266 e. The van der Waals surface area contributed by atoms with Gasteiger partial charge in [-0.15, -0.1) is 11.8 Å². The van der Waals surface area contributed by atoms with Gasteiger partial charge < -0.3 is 10.1 Å². The largest absolute Gasteiger partial charge is 0.489 e. The molecule has 1 saturated heterocycles. The predicted octanol–water partition coefficient (Wildman–Crippen LogP) is 4.11. The van der Waals surface area contributed by atoms with Crippen molar-refractivity contribution in [2.24, 2.45) is 0 Å². The Balaban J connectivity index is 1.64. The first kappa shape index (κ1) is 26.6. The van der Waals surface area contributed by atoms with Crippen molar-refractivity contribution in [3.05, 3.63) is 63.6 Å². The van der Waals surface area contributed by atoms with Crippen LogP contribution in [-0.2, 0) is 27.5 Å². The molecule has 0 spiro atoms. The van der Waals surface area contributed by atoms with Crippen LogP contribution in [0.5, 0.6) is 5.75 Å². The highest BCUT2D eigenvalue weighted by atomic mass is 35.5. The molecule has 0 bridgehead atoms. The van der Waals surface area contributed by atoms with Gasteiger partial charge in [0.25, 0.3) is 5.91 Å². The summed E-state index contributed by atoms with van der Waals surface area (Å²) in [5.74, 6) is 1.39. The predicted molar refractivity (Wildman–Crippen MR) is 136 cm³/mol. The highest BCUT2D eigenvalue weighted by Gasteiger charge is 2.28. The minimum atomic E-state index is -0.795. The number of amides is 2. The first-order valence-electron chi connectivity index (χ1n) is 10.9. The highest BCUT2D eigenvalue weighted by Crippen LogP contribution is 2.26. The summed E-state index contributed by atoms with van der Waals surface area (Å²) < 4.78 is 5.82. The van der Waals surface area contributed by atoms with E-state index < -0.39 is 17.6 Å². The molecule has 184 valence electrons. The van der Waals surface area contributed by atoms with Gasteiger partial charge in [0.05, 0.1) is 11.6 Å². The molecule has 7 nitrogen and oxygen atoms in total. The van der Waals surface area contributed by atoms with Gasteiger partial charge in [-0.05, 0) is 50.6 Å². The van der Waals surface area contributed by atoms with Crippen molar-refractivity contribution < 1.29 is 19.2 Å². The second kappa shape index (κ2) is 12.1. The molecule has 1 aliphatic heterocycles. The van der Waals surface area contributed by atoms with E-state index in [0.717, 1.165) is 5.56 Å². The van der Waals surface area contributed by atoms with Crippen molar-refractivity contribution in [3.8, 4) is 5.75 Å². The Kier molecular flexibility index (Phi) is 9.50. The smallest absolute Gasteiger partial charge is 0.266 e. The topological polar surface area (TPSA) is 88.7 Å². The number of hydrogen-bond acceptors (Lipinski definition) is 6. The Bertz CT molecular complexity index is 972. The zero-order valence-corrected chi connectivity index (χ0v) is 21.7. The molecule has 2 aromatic rings. The zero-order valence-electron chi connectivity index (χ0n) is 19.3. The van der Waals surface area contributed by atoms with Crippen LogP contribution in [0, 0.1) is 0 Å². The molecule has 3 rings (SSSR count). The first-order chi connectivity index (χ1) is 16.1. The number of hydrogen-bond donors (Lipinski definition) is 3. The molecule has 1 fully saturated rings. The number of carbonyl (C=O) groups is 2. The Labute approximate surface area is 214 Å². The van der Waals surface area contributed by atoms with Crippen molar-refractivity contribution in [1.29, 1.82) is 0 Å². The molecule has 2 unspecified atom stereocenters. The minimum absolute atomic E-state index is 0.211. The molecule has 0 saturated carbocycles. The average molecular weight is 526 g/mol. The van der Waals surface area contributed by atoms with Gasteiger partial charge in [0.2, 0.25) is 5.91 Å². The minimum Gasteiger partial charge on any atom is -0.489 e. The molecule has 0 aromatic heterocycles. The van der Waals surface area contributed by atoms with Crippen LogP contribution in [0.3, 0.4) is 0 Å². The highest BCUT2D eigenvalue weighted by molar-refractivity contribution is 7.99. The van der Waals surface area contributed by atoms with E-state index in [1.54, 1.807) is 42.1 Å². The fourth-order valence-electron chi connectivity index (χ4n) is 3.10. The summed E-state index contributed by atoms with van der Waals surface area (Å²) >= 11 is 14.0. The van der Waals surface area contributed by atoms with E-state index in [-0.39, 0.29) is 18.6 Å². The molecule has 2 amide bonds. The fourth-order valence-corrected chi connectivity index (χ4v) is 4.55. The van der Waals surface area contributed by atoms with Gasteiger partial charge in [0.15, 0.2) is 0 Å². The van der Waals surface area contributed by atoms with E-state index in [0.29, 0.717) is 39.4 Å². The molecule has 0 radical (unpaired) electrons. The summed E-state index contributed by atoms with van der Waals surface area (Å²) in [6, 6.07) is 11.5. The molecule has 2 atom stereocenters. The Morgan fingerprint density at radius 2 is 1.82 bits per heavy atom. The number of nitrogens with one attached hydrogen (secondary N) is 3. The third-order valence-electron chi connectivity index (χ3n) is 4.93. The molecule has 1 aliphatic rings. The van der Waals surface area contributed by atoms with Crippen LogP contribution in [0.4, 0.5) is 0 Å². The fraction of sp³-hybridized carbons (Fsp3) is 0.417. The van der Waals surface area contributed by atoms with Crippen molar-refractivity contribution in [1.82, 2.24) is 16.1 Å². The van der Waals surface area contributed by atoms with Crippen molar-refractivity contribution in [2.75, 3.05) is 11.6 Å². The van der Waals surface area contributed by atoms with Gasteiger partial charge in [0, 0.05) is 33.7 Å². The summed E-state index contributed by atoms with van der Waals surface area (Å²) in [6.45, 7) is 5.72. The van der Waals surface area contributed by atoms with Crippen LogP contribution in [0.1, 0.15) is 31.9 Å². The lowest BCUT2D eigenvalue weighted by molar-refractivity contribution is -0.149. The first-order valence-corrected chi connectivity index (χ1v) is 12.8. The molecule has 2 aromatic carbocycles. The lowest BCUT2D eigenvalue weighted by Gasteiger charge is -2.24. The Hall–Kier alpha value is -1.97. The SMILES string of the molecule is CC(C)(C)ONC(=O)C(Cc1ccc(OCc2c(Cl)cccc2Cl)cc1)NC(=O)C1CSCN1. The van der Waals surface area contributed by atoms with E-state index in [1.165, 1.54) is 0 Å².